The Morgan fingerprint density at radius 3 is 2.03 bits per heavy atom. The largest absolute Gasteiger partial charge is 0.480 e. The molecule has 13 nitrogen and oxygen atoms in total. The molecule has 0 radical (unpaired) electrons. The second-order valence-corrected chi connectivity index (χ2v) is 7.99. The third kappa shape index (κ3) is 5.72. The molecule has 2 heterocycles. The van der Waals surface area contributed by atoms with Crippen molar-refractivity contribution >= 4 is 29.6 Å². The third-order valence-electron chi connectivity index (χ3n) is 5.66. The fourth-order valence-electron chi connectivity index (χ4n) is 3.96. The highest BCUT2D eigenvalue weighted by Crippen LogP contribution is 2.25. The maximum Gasteiger partial charge on any atom is 0.328 e. The van der Waals surface area contributed by atoms with E-state index in [9.17, 15) is 29.1 Å². The van der Waals surface area contributed by atoms with Crippen LogP contribution in [-0.4, -0.2) is 111 Å². The molecule has 13 heteroatoms. The lowest BCUT2D eigenvalue weighted by molar-refractivity contribution is -0.147. The van der Waals surface area contributed by atoms with Gasteiger partial charge in [0, 0.05) is 13.1 Å². The standard InChI is InChI=1S/C19H31N5O8/c1-10(20)17(29)24-7-3-5-14(24)18(30)23-6-2-4-13(23)16(28)21-11(8-25)15(27)22-12(9-26)19(31)32/h10-14,25-26H,2-9,20H2,1H3,(H,21,28)(H,22,27)(H,31,32)/t10-,11-,12-,13-,14-/m0/s1. The first-order chi connectivity index (χ1) is 15.1. The maximum atomic E-state index is 13.1. The van der Waals surface area contributed by atoms with Crippen LogP contribution in [0.4, 0.5) is 0 Å². The van der Waals surface area contributed by atoms with Crippen LogP contribution in [0.25, 0.3) is 0 Å². The quantitative estimate of drug-likeness (QED) is 0.202. The molecule has 0 bridgehead atoms. The van der Waals surface area contributed by atoms with Crippen molar-refractivity contribution in [2.45, 2.75) is 62.8 Å². The minimum Gasteiger partial charge on any atom is -0.480 e. The molecule has 4 amide bonds. The highest BCUT2D eigenvalue weighted by atomic mass is 16.4. The number of hydrogen-bond donors (Lipinski definition) is 6. The zero-order valence-corrected chi connectivity index (χ0v) is 17.9. The number of aliphatic hydroxyl groups is 2. The molecule has 2 saturated heterocycles. The lowest BCUT2D eigenvalue weighted by Crippen LogP contribution is -2.58. The summed E-state index contributed by atoms with van der Waals surface area (Å²) in [5.41, 5.74) is 5.67. The van der Waals surface area contributed by atoms with Gasteiger partial charge in [-0.1, -0.05) is 0 Å². The van der Waals surface area contributed by atoms with Crippen LogP contribution < -0.4 is 16.4 Å². The number of nitrogens with zero attached hydrogens (tertiary/aromatic N) is 2. The van der Waals surface area contributed by atoms with Gasteiger partial charge in [0.25, 0.3) is 0 Å². The van der Waals surface area contributed by atoms with Crippen LogP contribution in [0, 0.1) is 0 Å². The monoisotopic (exact) mass is 457 g/mol. The van der Waals surface area contributed by atoms with E-state index >= 15 is 0 Å². The number of aliphatic carboxylic acids is 1. The predicted octanol–water partition coefficient (Wildman–Crippen LogP) is -3.65. The minimum absolute atomic E-state index is 0.301. The van der Waals surface area contributed by atoms with E-state index in [0.717, 1.165) is 0 Å². The Kier molecular flexibility index (Phi) is 8.92. The number of carbonyl (C=O) groups is 5. The molecule has 0 spiro atoms. The van der Waals surface area contributed by atoms with Crippen molar-refractivity contribution in [1.82, 2.24) is 20.4 Å². The van der Waals surface area contributed by atoms with Gasteiger partial charge in [-0.15, -0.1) is 0 Å². The summed E-state index contributed by atoms with van der Waals surface area (Å²) in [5, 5.41) is 31.8. The topological polar surface area (TPSA) is 203 Å². The molecule has 32 heavy (non-hydrogen) atoms. The van der Waals surface area contributed by atoms with Gasteiger partial charge in [0.2, 0.25) is 23.6 Å². The lowest BCUT2D eigenvalue weighted by atomic mass is 10.1. The highest BCUT2D eigenvalue weighted by molar-refractivity contribution is 5.96. The smallest absolute Gasteiger partial charge is 0.328 e. The van der Waals surface area contributed by atoms with Crippen LogP contribution in [0.3, 0.4) is 0 Å². The molecular formula is C19H31N5O8. The summed E-state index contributed by atoms with van der Waals surface area (Å²) >= 11 is 0. The summed E-state index contributed by atoms with van der Waals surface area (Å²) < 4.78 is 0. The van der Waals surface area contributed by atoms with Crippen LogP contribution in [0.15, 0.2) is 0 Å². The van der Waals surface area contributed by atoms with Crippen LogP contribution in [0.5, 0.6) is 0 Å². The fourth-order valence-corrected chi connectivity index (χ4v) is 3.96. The van der Waals surface area contributed by atoms with Gasteiger partial charge in [-0.3, -0.25) is 19.2 Å². The molecule has 0 aromatic carbocycles. The van der Waals surface area contributed by atoms with Crippen molar-refractivity contribution in [3.63, 3.8) is 0 Å². The molecule has 2 aliphatic rings. The molecule has 0 aromatic heterocycles. The Labute approximate surface area is 184 Å². The summed E-state index contributed by atoms with van der Waals surface area (Å²) in [4.78, 5) is 64.2. The molecule has 7 N–H and O–H groups in total. The number of carbonyl (C=O) groups excluding carboxylic acids is 4. The van der Waals surface area contributed by atoms with Crippen LogP contribution >= 0.6 is 0 Å². The van der Waals surface area contributed by atoms with Gasteiger partial charge in [-0.05, 0) is 32.6 Å². The van der Waals surface area contributed by atoms with Gasteiger partial charge in [0.05, 0.1) is 19.3 Å². The van der Waals surface area contributed by atoms with E-state index in [4.69, 9.17) is 15.9 Å². The van der Waals surface area contributed by atoms with E-state index in [1.54, 1.807) is 6.92 Å². The minimum atomic E-state index is -1.59. The molecule has 2 rings (SSSR count). The molecule has 5 atom stereocenters. The molecule has 2 aliphatic heterocycles. The maximum absolute atomic E-state index is 13.1. The van der Waals surface area contributed by atoms with E-state index in [2.05, 4.69) is 5.32 Å². The number of rotatable bonds is 9. The number of likely N-dealkylation sites (tertiary alicyclic amines) is 2. The first-order valence-corrected chi connectivity index (χ1v) is 10.5. The number of hydrogen-bond acceptors (Lipinski definition) is 8. The summed E-state index contributed by atoms with van der Waals surface area (Å²) in [7, 11) is 0. The number of nitrogens with two attached hydrogens (primary N) is 1. The van der Waals surface area contributed by atoms with Gasteiger partial charge in [0.15, 0.2) is 0 Å². The van der Waals surface area contributed by atoms with Crippen molar-refractivity contribution in [1.29, 1.82) is 0 Å². The Balaban J connectivity index is 2.06. The van der Waals surface area contributed by atoms with E-state index in [1.165, 1.54) is 9.80 Å². The van der Waals surface area contributed by atoms with Crippen molar-refractivity contribution in [2.75, 3.05) is 26.3 Å². The molecule has 0 unspecified atom stereocenters. The molecule has 0 aromatic rings. The lowest BCUT2D eigenvalue weighted by Gasteiger charge is -2.32. The van der Waals surface area contributed by atoms with Gasteiger partial charge in [-0.25, -0.2) is 4.79 Å². The fraction of sp³-hybridized carbons (Fsp3) is 0.737. The number of carboxylic acids is 1. The highest BCUT2D eigenvalue weighted by Gasteiger charge is 2.43. The average molecular weight is 457 g/mol. The van der Waals surface area contributed by atoms with Crippen LogP contribution in [-0.2, 0) is 24.0 Å². The van der Waals surface area contributed by atoms with E-state index in [-0.39, 0.29) is 11.8 Å². The first kappa shape index (κ1) is 25.5. The van der Waals surface area contributed by atoms with Crippen molar-refractivity contribution in [2.24, 2.45) is 5.73 Å². The van der Waals surface area contributed by atoms with Crippen LogP contribution in [0.2, 0.25) is 0 Å². The summed E-state index contributed by atoms with van der Waals surface area (Å²) in [6.45, 7) is 0.574. The zero-order chi connectivity index (χ0) is 24.0. The summed E-state index contributed by atoms with van der Waals surface area (Å²) in [6, 6.07) is -5.41. The summed E-state index contributed by atoms with van der Waals surface area (Å²) in [6.07, 6.45) is 1.97. The average Bonchev–Trinajstić information content (AvgIpc) is 3.43. The number of amides is 4. The Morgan fingerprint density at radius 2 is 1.50 bits per heavy atom. The Hall–Kier alpha value is -2.77. The number of carboxylic acid groups (broad SMARTS) is 1. The Bertz CT molecular complexity index is 745. The van der Waals surface area contributed by atoms with E-state index in [1.807, 2.05) is 5.32 Å². The summed E-state index contributed by atoms with van der Waals surface area (Å²) in [5.74, 6) is -3.84. The third-order valence-corrected chi connectivity index (χ3v) is 5.66. The first-order valence-electron chi connectivity index (χ1n) is 10.5. The predicted molar refractivity (Wildman–Crippen MR) is 109 cm³/mol. The molecule has 0 saturated carbocycles. The van der Waals surface area contributed by atoms with Gasteiger partial charge < -0.3 is 41.5 Å². The van der Waals surface area contributed by atoms with Gasteiger partial charge in [0.1, 0.15) is 24.2 Å². The SMILES string of the molecule is C[C@H](N)C(=O)N1CCC[C@H]1C(=O)N1CCC[C@H]1C(=O)N[C@@H](CO)C(=O)N[C@@H](CO)C(=O)O. The second-order valence-electron chi connectivity index (χ2n) is 7.99. The normalized spacial score (nSPS) is 23.4. The Morgan fingerprint density at radius 1 is 0.938 bits per heavy atom. The van der Waals surface area contributed by atoms with Crippen LogP contribution in [0.1, 0.15) is 32.6 Å². The van der Waals surface area contributed by atoms with Gasteiger partial charge in [-0.2, -0.15) is 0 Å². The second kappa shape index (κ2) is 11.2. The number of aliphatic hydroxyl groups excluding tert-OH is 2. The van der Waals surface area contributed by atoms with Crippen molar-refractivity contribution in [3.05, 3.63) is 0 Å². The van der Waals surface area contributed by atoms with E-state index < -0.39 is 61.2 Å². The molecule has 180 valence electrons. The van der Waals surface area contributed by atoms with Crippen molar-refractivity contribution < 1.29 is 39.3 Å². The number of nitrogens with one attached hydrogen (secondary N) is 2. The molecule has 2 fully saturated rings. The van der Waals surface area contributed by atoms with E-state index in [0.29, 0.717) is 38.8 Å². The molecular weight excluding hydrogens is 426 g/mol. The van der Waals surface area contributed by atoms with Gasteiger partial charge >= 0.3 is 5.97 Å². The van der Waals surface area contributed by atoms with Crippen molar-refractivity contribution in [3.8, 4) is 0 Å². The zero-order valence-electron chi connectivity index (χ0n) is 17.9. The molecule has 0 aliphatic carbocycles.